The van der Waals surface area contributed by atoms with E-state index in [1.807, 2.05) is 53.1 Å². The van der Waals surface area contributed by atoms with Gasteiger partial charge in [-0.3, -0.25) is 5.32 Å². The zero-order valence-electron chi connectivity index (χ0n) is 23.3. The summed E-state index contributed by atoms with van der Waals surface area (Å²) in [6.45, 7) is 6.56. The molecule has 1 amide bonds. The number of para-hydroxylation sites is 3. The molecule has 0 unspecified atom stereocenters. The van der Waals surface area contributed by atoms with Crippen LogP contribution in [0.15, 0.2) is 60.7 Å². The number of rotatable bonds is 10. The second-order valence-corrected chi connectivity index (χ2v) is 10.3. The monoisotopic (exact) mass is 545 g/mol. The van der Waals surface area contributed by atoms with Crippen molar-refractivity contribution < 1.29 is 23.8 Å². The van der Waals surface area contributed by atoms with Gasteiger partial charge in [0.15, 0.2) is 0 Å². The lowest BCUT2D eigenvalue weighted by Gasteiger charge is -2.20. The molecule has 0 aliphatic heterocycles. The maximum Gasteiger partial charge on any atom is 0.413 e. The molecule has 2 heterocycles. The predicted octanol–water partition coefficient (Wildman–Crippen LogP) is 6.06. The summed E-state index contributed by atoms with van der Waals surface area (Å²) >= 11 is 0. The lowest BCUT2D eigenvalue weighted by atomic mass is 10.1. The number of hydrogen-bond donors (Lipinski definition) is 2. The van der Waals surface area contributed by atoms with E-state index in [-0.39, 0.29) is 11.4 Å². The van der Waals surface area contributed by atoms with Gasteiger partial charge >= 0.3 is 12.1 Å². The number of unbranched alkanes of at least 4 members (excludes halogenated alkanes) is 2. The van der Waals surface area contributed by atoms with Gasteiger partial charge in [-0.2, -0.15) is 0 Å². The number of carbonyl (C=O) groups is 2. The van der Waals surface area contributed by atoms with Gasteiger partial charge in [0.1, 0.15) is 17.2 Å². The van der Waals surface area contributed by atoms with Crippen molar-refractivity contribution in [1.29, 1.82) is 0 Å². The van der Waals surface area contributed by atoms with Gasteiger partial charge < -0.3 is 24.5 Å². The zero-order valence-corrected chi connectivity index (χ0v) is 23.3. The van der Waals surface area contributed by atoms with Crippen molar-refractivity contribution in [2.45, 2.75) is 52.2 Å². The van der Waals surface area contributed by atoms with E-state index in [0.29, 0.717) is 29.6 Å². The highest BCUT2D eigenvalue weighted by Gasteiger charge is 2.19. The Balaban J connectivity index is 1.42. The first-order valence-corrected chi connectivity index (χ1v) is 13.2. The number of amides is 1. The number of nitrogens with zero attached hydrogens (tertiary/aromatic N) is 3. The van der Waals surface area contributed by atoms with Crippen LogP contribution >= 0.6 is 0 Å². The maximum absolute atomic E-state index is 12.4. The Hall–Kier alpha value is -4.60. The smallest absolute Gasteiger partial charge is 0.413 e. The first kappa shape index (κ1) is 28.4. The van der Waals surface area contributed by atoms with E-state index in [4.69, 9.17) is 19.9 Å². The number of nitrogens with two attached hydrogens (primary N) is 1. The van der Waals surface area contributed by atoms with Crippen LogP contribution in [0.5, 0.6) is 5.75 Å². The number of pyridine rings is 1. The van der Waals surface area contributed by atoms with E-state index < -0.39 is 17.7 Å². The van der Waals surface area contributed by atoms with Gasteiger partial charge in [-0.1, -0.05) is 24.3 Å². The van der Waals surface area contributed by atoms with E-state index in [2.05, 4.69) is 15.3 Å². The normalized spacial score (nSPS) is 11.3. The highest BCUT2D eigenvalue weighted by molar-refractivity contribution is 5.93. The summed E-state index contributed by atoms with van der Waals surface area (Å²) in [6, 6.07) is 18.4. The quantitative estimate of drug-likeness (QED) is 0.182. The third-order valence-corrected chi connectivity index (χ3v) is 6.01. The van der Waals surface area contributed by atoms with Crippen molar-refractivity contribution in [3.8, 4) is 17.0 Å². The average Bonchev–Trinajstić information content (AvgIpc) is 3.23. The van der Waals surface area contributed by atoms with E-state index >= 15 is 0 Å². The zero-order chi connectivity index (χ0) is 28.7. The van der Waals surface area contributed by atoms with Crippen LogP contribution in [0.4, 0.5) is 16.6 Å². The Morgan fingerprint density at radius 1 is 0.975 bits per heavy atom. The molecule has 0 saturated heterocycles. The summed E-state index contributed by atoms with van der Waals surface area (Å²) in [4.78, 5) is 33.7. The molecular formula is C30H35N5O5. The predicted molar refractivity (Wildman–Crippen MR) is 154 cm³/mol. The summed E-state index contributed by atoms with van der Waals surface area (Å²) in [7, 11) is 1.30. The second kappa shape index (κ2) is 12.5. The van der Waals surface area contributed by atoms with Crippen LogP contribution in [0.1, 0.15) is 50.4 Å². The molecule has 210 valence electrons. The molecule has 0 radical (unpaired) electrons. The van der Waals surface area contributed by atoms with E-state index in [9.17, 15) is 9.59 Å². The molecule has 0 fully saturated rings. The molecule has 0 saturated carbocycles. The molecule has 2 aromatic carbocycles. The number of benzene rings is 2. The van der Waals surface area contributed by atoms with Gasteiger partial charge in [0, 0.05) is 12.1 Å². The average molecular weight is 546 g/mol. The van der Waals surface area contributed by atoms with E-state index in [0.717, 1.165) is 36.8 Å². The third kappa shape index (κ3) is 7.28. The van der Waals surface area contributed by atoms with Crippen molar-refractivity contribution in [2.75, 3.05) is 24.8 Å². The summed E-state index contributed by atoms with van der Waals surface area (Å²) in [5.74, 6) is 0.743. The Morgan fingerprint density at radius 3 is 2.50 bits per heavy atom. The minimum Gasteiger partial charge on any atom is -0.493 e. The number of esters is 1. The Kier molecular flexibility index (Phi) is 8.88. The van der Waals surface area contributed by atoms with Gasteiger partial charge in [0.05, 0.1) is 36.0 Å². The fourth-order valence-electron chi connectivity index (χ4n) is 4.24. The SMILES string of the molecule is COC(=O)c1cc(NC(=O)OC(C)(C)C)nc(-c2ccccc2OCCCCCn2c(N)nc3ccccc32)c1. The highest BCUT2D eigenvalue weighted by atomic mass is 16.6. The summed E-state index contributed by atoms with van der Waals surface area (Å²) in [5, 5.41) is 2.60. The lowest BCUT2D eigenvalue weighted by molar-refractivity contribution is 0.0596. The van der Waals surface area contributed by atoms with Gasteiger partial charge in [0.25, 0.3) is 0 Å². The number of fused-ring (bicyclic) bond motifs is 1. The van der Waals surface area contributed by atoms with Crippen LogP contribution in [0.3, 0.4) is 0 Å². The number of aromatic nitrogens is 3. The number of carbonyl (C=O) groups excluding carboxylic acids is 2. The first-order valence-electron chi connectivity index (χ1n) is 13.2. The Bertz CT molecular complexity index is 1490. The third-order valence-electron chi connectivity index (χ3n) is 6.01. The maximum atomic E-state index is 12.4. The molecule has 40 heavy (non-hydrogen) atoms. The van der Waals surface area contributed by atoms with Gasteiger partial charge in [-0.15, -0.1) is 0 Å². The van der Waals surface area contributed by atoms with Gasteiger partial charge in [0.2, 0.25) is 5.95 Å². The number of anilines is 2. The van der Waals surface area contributed by atoms with E-state index in [1.165, 1.54) is 13.2 Å². The van der Waals surface area contributed by atoms with Crippen LogP contribution in [0, 0.1) is 0 Å². The number of nitrogen functional groups attached to an aromatic ring is 1. The van der Waals surface area contributed by atoms with Gasteiger partial charge in [-0.05, 0) is 76.4 Å². The number of aryl methyl sites for hydroxylation is 1. The van der Waals surface area contributed by atoms with Crippen LogP contribution in [-0.2, 0) is 16.0 Å². The van der Waals surface area contributed by atoms with Crippen molar-refractivity contribution in [3.63, 3.8) is 0 Å². The Labute approximate surface area is 233 Å². The van der Waals surface area contributed by atoms with Crippen LogP contribution in [-0.4, -0.2) is 45.9 Å². The molecule has 0 aliphatic carbocycles. The fraction of sp³-hybridized carbons (Fsp3) is 0.333. The topological polar surface area (TPSA) is 131 Å². The number of hydrogen-bond acceptors (Lipinski definition) is 8. The minimum absolute atomic E-state index is 0.160. The minimum atomic E-state index is -0.688. The molecule has 3 N–H and O–H groups in total. The molecular weight excluding hydrogens is 510 g/mol. The standard InChI is InChI=1S/C30H35N5O5/c1-30(2,3)40-29(37)34-26-19-20(27(36)38-4)18-23(32-26)21-12-6-9-15-25(21)39-17-11-5-10-16-35-24-14-8-7-13-22(24)33-28(35)31/h6-9,12-15,18-19H,5,10-11,16-17H2,1-4H3,(H2,31,33)(H,32,34,37). The summed E-state index contributed by atoms with van der Waals surface area (Å²) in [6.07, 6.45) is 2.02. The molecule has 2 aromatic heterocycles. The molecule has 10 nitrogen and oxygen atoms in total. The molecule has 0 aliphatic rings. The largest absolute Gasteiger partial charge is 0.493 e. The van der Waals surface area contributed by atoms with Crippen LogP contribution in [0.2, 0.25) is 0 Å². The second-order valence-electron chi connectivity index (χ2n) is 10.3. The summed E-state index contributed by atoms with van der Waals surface area (Å²) in [5.41, 5.74) is 8.72. The van der Waals surface area contributed by atoms with Crippen molar-refractivity contribution in [3.05, 3.63) is 66.2 Å². The Morgan fingerprint density at radius 2 is 1.73 bits per heavy atom. The molecule has 4 rings (SSSR count). The summed E-state index contributed by atoms with van der Waals surface area (Å²) < 4.78 is 18.4. The number of methoxy groups -OCH3 is 1. The fourth-order valence-corrected chi connectivity index (χ4v) is 4.24. The molecule has 4 aromatic rings. The van der Waals surface area contributed by atoms with Crippen molar-refractivity contribution in [1.82, 2.24) is 14.5 Å². The number of nitrogens with one attached hydrogen (secondary N) is 1. The van der Waals surface area contributed by atoms with E-state index in [1.54, 1.807) is 26.8 Å². The lowest BCUT2D eigenvalue weighted by Crippen LogP contribution is -2.27. The number of ether oxygens (including phenoxy) is 3. The highest BCUT2D eigenvalue weighted by Crippen LogP contribution is 2.31. The van der Waals surface area contributed by atoms with Crippen LogP contribution in [0.25, 0.3) is 22.3 Å². The van der Waals surface area contributed by atoms with Crippen molar-refractivity contribution >= 4 is 34.9 Å². The molecule has 0 atom stereocenters. The van der Waals surface area contributed by atoms with Crippen molar-refractivity contribution in [2.24, 2.45) is 0 Å². The first-order chi connectivity index (χ1) is 19.1. The van der Waals surface area contributed by atoms with Gasteiger partial charge in [-0.25, -0.2) is 19.6 Å². The molecule has 10 heteroatoms. The van der Waals surface area contributed by atoms with Crippen LogP contribution < -0.4 is 15.8 Å². The molecule has 0 spiro atoms. The number of imidazole rings is 1. The molecule has 0 bridgehead atoms.